The van der Waals surface area contributed by atoms with Crippen LogP contribution in [0.4, 0.5) is 4.39 Å². The van der Waals surface area contributed by atoms with Crippen molar-refractivity contribution in [2.24, 2.45) is 0 Å². The summed E-state index contributed by atoms with van der Waals surface area (Å²) < 4.78 is 24.6. The summed E-state index contributed by atoms with van der Waals surface area (Å²) in [6.45, 7) is 1.52. The normalized spacial score (nSPS) is 15.0. The van der Waals surface area contributed by atoms with Crippen LogP contribution in [0.2, 0.25) is 0 Å². The average Bonchev–Trinajstić information content (AvgIpc) is 2.62. The van der Waals surface area contributed by atoms with Crippen molar-refractivity contribution in [2.75, 3.05) is 13.2 Å². The molecule has 1 aromatic heterocycles. The molecule has 1 aliphatic rings. The maximum Gasteiger partial charge on any atom is 0.253 e. The van der Waals surface area contributed by atoms with E-state index in [1.165, 1.54) is 12.3 Å². The number of nitrogens with zero attached hydrogens (tertiary/aromatic N) is 1. The first-order chi connectivity index (χ1) is 11.7. The van der Waals surface area contributed by atoms with Gasteiger partial charge in [0.2, 0.25) is 5.88 Å². The van der Waals surface area contributed by atoms with E-state index in [0.29, 0.717) is 30.2 Å². The van der Waals surface area contributed by atoms with Gasteiger partial charge in [-0.1, -0.05) is 18.2 Å². The minimum atomic E-state index is -0.337. The zero-order valence-electron chi connectivity index (χ0n) is 13.2. The predicted molar refractivity (Wildman–Crippen MR) is 86.3 cm³/mol. The van der Waals surface area contributed by atoms with Crippen LogP contribution in [-0.2, 0) is 11.3 Å². The monoisotopic (exact) mass is 330 g/mol. The highest BCUT2D eigenvalue weighted by Gasteiger charge is 2.16. The summed E-state index contributed by atoms with van der Waals surface area (Å²) in [4.78, 5) is 16.3. The standard InChI is InChI=1S/C18H19FN2O3/c19-16-4-2-1-3-13(16)11-21-18(22)14-5-6-17(20-12-14)24-15-7-9-23-10-8-15/h1-6,12,15H,7-11H2,(H,21,22). The number of halogens is 1. The molecule has 0 radical (unpaired) electrons. The smallest absolute Gasteiger partial charge is 0.253 e. The summed E-state index contributed by atoms with van der Waals surface area (Å²) in [7, 11) is 0. The third kappa shape index (κ3) is 4.29. The van der Waals surface area contributed by atoms with Gasteiger partial charge in [-0.05, 0) is 12.1 Å². The molecule has 2 aromatic rings. The van der Waals surface area contributed by atoms with Crippen LogP contribution < -0.4 is 10.1 Å². The first kappa shape index (κ1) is 16.4. The molecule has 24 heavy (non-hydrogen) atoms. The van der Waals surface area contributed by atoms with Gasteiger partial charge < -0.3 is 14.8 Å². The minimum absolute atomic E-state index is 0.104. The van der Waals surface area contributed by atoms with Gasteiger partial charge in [-0.2, -0.15) is 0 Å². The fourth-order valence-corrected chi connectivity index (χ4v) is 2.47. The predicted octanol–water partition coefficient (Wildman–Crippen LogP) is 2.71. The van der Waals surface area contributed by atoms with E-state index in [4.69, 9.17) is 9.47 Å². The Morgan fingerprint density at radius 3 is 2.75 bits per heavy atom. The molecule has 0 bridgehead atoms. The van der Waals surface area contributed by atoms with E-state index in [-0.39, 0.29) is 24.4 Å². The largest absolute Gasteiger partial charge is 0.474 e. The second kappa shape index (κ2) is 7.88. The molecule has 1 amide bonds. The molecule has 6 heteroatoms. The van der Waals surface area contributed by atoms with Crippen molar-refractivity contribution < 1.29 is 18.7 Å². The average molecular weight is 330 g/mol. The van der Waals surface area contributed by atoms with Crippen molar-refractivity contribution in [2.45, 2.75) is 25.5 Å². The summed E-state index contributed by atoms with van der Waals surface area (Å²) in [6.07, 6.45) is 3.25. The van der Waals surface area contributed by atoms with E-state index in [0.717, 1.165) is 12.8 Å². The van der Waals surface area contributed by atoms with Crippen LogP contribution in [0.25, 0.3) is 0 Å². The van der Waals surface area contributed by atoms with E-state index in [9.17, 15) is 9.18 Å². The number of hydrogen-bond acceptors (Lipinski definition) is 4. The Morgan fingerprint density at radius 2 is 2.04 bits per heavy atom. The van der Waals surface area contributed by atoms with E-state index < -0.39 is 0 Å². The van der Waals surface area contributed by atoms with Crippen molar-refractivity contribution in [1.29, 1.82) is 0 Å². The van der Waals surface area contributed by atoms with Gasteiger partial charge in [0.15, 0.2) is 0 Å². The lowest BCUT2D eigenvalue weighted by Crippen LogP contribution is -2.26. The Hall–Kier alpha value is -2.47. The van der Waals surface area contributed by atoms with Crippen LogP contribution in [0.5, 0.6) is 5.88 Å². The summed E-state index contributed by atoms with van der Waals surface area (Å²) in [5, 5.41) is 2.68. The summed E-state index contributed by atoms with van der Waals surface area (Å²) in [5.74, 6) is -0.146. The number of pyridine rings is 1. The Morgan fingerprint density at radius 1 is 1.25 bits per heavy atom. The zero-order chi connectivity index (χ0) is 16.8. The third-order valence-corrected chi connectivity index (χ3v) is 3.85. The van der Waals surface area contributed by atoms with Crippen molar-refractivity contribution in [3.05, 3.63) is 59.5 Å². The molecule has 1 aromatic carbocycles. The quantitative estimate of drug-likeness (QED) is 0.916. The lowest BCUT2D eigenvalue weighted by atomic mass is 10.1. The van der Waals surface area contributed by atoms with Crippen LogP contribution in [-0.4, -0.2) is 30.2 Å². The fraction of sp³-hybridized carbons (Fsp3) is 0.333. The van der Waals surface area contributed by atoms with Gasteiger partial charge in [-0.3, -0.25) is 4.79 Å². The van der Waals surface area contributed by atoms with Crippen LogP contribution in [0, 0.1) is 5.82 Å². The number of hydrogen-bond donors (Lipinski definition) is 1. The van der Waals surface area contributed by atoms with Crippen LogP contribution >= 0.6 is 0 Å². The Bertz CT molecular complexity index is 685. The van der Waals surface area contributed by atoms with Gasteiger partial charge in [0.05, 0.1) is 18.8 Å². The summed E-state index contributed by atoms with van der Waals surface area (Å²) in [5.41, 5.74) is 0.851. The van der Waals surface area contributed by atoms with Crippen LogP contribution in [0.15, 0.2) is 42.6 Å². The van der Waals surface area contributed by atoms with Crippen LogP contribution in [0.1, 0.15) is 28.8 Å². The van der Waals surface area contributed by atoms with E-state index >= 15 is 0 Å². The number of amides is 1. The lowest BCUT2D eigenvalue weighted by Gasteiger charge is -2.22. The van der Waals surface area contributed by atoms with Gasteiger partial charge in [-0.15, -0.1) is 0 Å². The highest BCUT2D eigenvalue weighted by atomic mass is 19.1. The molecule has 3 rings (SSSR count). The Kier molecular flexibility index (Phi) is 5.38. The van der Waals surface area contributed by atoms with Crippen LogP contribution in [0.3, 0.4) is 0 Å². The Balaban J connectivity index is 1.54. The maximum atomic E-state index is 13.5. The zero-order valence-corrected chi connectivity index (χ0v) is 13.2. The molecule has 0 saturated carbocycles. The molecule has 1 fully saturated rings. The summed E-state index contributed by atoms with van der Waals surface area (Å²) >= 11 is 0. The van der Waals surface area contributed by atoms with Crippen molar-refractivity contribution in [3.63, 3.8) is 0 Å². The molecule has 0 atom stereocenters. The fourth-order valence-electron chi connectivity index (χ4n) is 2.47. The molecule has 1 N–H and O–H groups in total. The van der Waals surface area contributed by atoms with Gasteiger partial charge in [0, 0.05) is 37.2 Å². The van der Waals surface area contributed by atoms with Crippen molar-refractivity contribution >= 4 is 5.91 Å². The number of carbonyl (C=O) groups is 1. The summed E-state index contributed by atoms with van der Waals surface area (Å²) in [6, 6.07) is 9.67. The lowest BCUT2D eigenvalue weighted by molar-refractivity contribution is 0.0237. The molecule has 0 aliphatic carbocycles. The van der Waals surface area contributed by atoms with Gasteiger partial charge in [0.25, 0.3) is 5.91 Å². The minimum Gasteiger partial charge on any atom is -0.474 e. The first-order valence-electron chi connectivity index (χ1n) is 7.94. The number of rotatable bonds is 5. The second-order valence-corrected chi connectivity index (χ2v) is 5.59. The molecule has 1 aliphatic heterocycles. The second-order valence-electron chi connectivity index (χ2n) is 5.59. The molecule has 1 saturated heterocycles. The van der Waals surface area contributed by atoms with Gasteiger partial charge in [-0.25, -0.2) is 9.37 Å². The Labute approximate surface area is 139 Å². The number of aromatic nitrogens is 1. The van der Waals surface area contributed by atoms with Crippen molar-refractivity contribution in [3.8, 4) is 5.88 Å². The highest BCUT2D eigenvalue weighted by molar-refractivity contribution is 5.93. The molecule has 0 unspecified atom stereocenters. The highest BCUT2D eigenvalue weighted by Crippen LogP contribution is 2.16. The third-order valence-electron chi connectivity index (χ3n) is 3.85. The number of carbonyl (C=O) groups excluding carboxylic acids is 1. The van der Waals surface area contributed by atoms with Crippen molar-refractivity contribution in [1.82, 2.24) is 10.3 Å². The number of ether oxygens (including phenoxy) is 2. The molecular weight excluding hydrogens is 311 g/mol. The number of nitrogens with one attached hydrogen (secondary N) is 1. The molecular formula is C18H19FN2O3. The molecule has 126 valence electrons. The molecule has 5 nitrogen and oxygen atoms in total. The van der Waals surface area contributed by atoms with Gasteiger partial charge in [0.1, 0.15) is 11.9 Å². The topological polar surface area (TPSA) is 60.5 Å². The maximum absolute atomic E-state index is 13.5. The van der Waals surface area contributed by atoms with E-state index in [1.54, 1.807) is 30.3 Å². The molecule has 2 heterocycles. The SMILES string of the molecule is O=C(NCc1ccccc1F)c1ccc(OC2CCOCC2)nc1. The first-order valence-corrected chi connectivity index (χ1v) is 7.94. The molecule has 0 spiro atoms. The van der Waals surface area contributed by atoms with E-state index in [2.05, 4.69) is 10.3 Å². The van der Waals surface area contributed by atoms with Gasteiger partial charge >= 0.3 is 0 Å². The number of benzene rings is 1. The van der Waals surface area contributed by atoms with E-state index in [1.807, 2.05) is 0 Å².